The Kier molecular flexibility index (Phi) is 5.71. The van der Waals surface area contributed by atoms with Crippen LogP contribution >= 0.6 is 0 Å². The van der Waals surface area contributed by atoms with Gasteiger partial charge < -0.3 is 23.9 Å². The topological polar surface area (TPSA) is 89.2 Å². The largest absolute Gasteiger partial charge is 0.503 e. The molecular weight excluding hydrogens is 422 g/mol. The van der Waals surface area contributed by atoms with Crippen LogP contribution in [0.2, 0.25) is 0 Å². The van der Waals surface area contributed by atoms with Crippen LogP contribution in [-0.4, -0.2) is 41.0 Å². The number of Topliss-reactive ketones (excluding diaryl/α,β-unsaturated/α-hetero) is 1. The summed E-state index contributed by atoms with van der Waals surface area (Å²) in [5.74, 6) is -0.406. The van der Waals surface area contributed by atoms with Gasteiger partial charge in [0.05, 0.1) is 24.0 Å². The van der Waals surface area contributed by atoms with E-state index in [4.69, 9.17) is 13.9 Å². The summed E-state index contributed by atoms with van der Waals surface area (Å²) < 4.78 is 17.0. The molecule has 3 aromatic rings. The molecule has 0 saturated carbocycles. The molecule has 7 nitrogen and oxygen atoms in total. The van der Waals surface area contributed by atoms with Crippen molar-refractivity contribution in [3.63, 3.8) is 0 Å². The van der Waals surface area contributed by atoms with Crippen LogP contribution < -0.4 is 4.74 Å². The fraction of sp³-hybridized carbons (Fsp3) is 0.231. The number of carbonyl (C=O) groups excluding carboxylic acids is 2. The van der Waals surface area contributed by atoms with Gasteiger partial charge in [-0.15, -0.1) is 0 Å². The molecule has 1 saturated heterocycles. The maximum Gasteiger partial charge on any atom is 0.290 e. The number of nitrogens with zero attached hydrogens (tertiary/aromatic N) is 1. The lowest BCUT2D eigenvalue weighted by Gasteiger charge is -2.29. The van der Waals surface area contributed by atoms with E-state index in [1.165, 1.54) is 17.2 Å². The number of hydrogen-bond acceptors (Lipinski definition) is 6. The van der Waals surface area contributed by atoms with Crippen LogP contribution in [0.1, 0.15) is 35.0 Å². The van der Waals surface area contributed by atoms with Crippen molar-refractivity contribution in [3.05, 3.63) is 95.6 Å². The van der Waals surface area contributed by atoms with Crippen LogP contribution in [-0.2, 0) is 9.53 Å². The SMILES string of the molecule is O=C(C1=C(O)C(=O)N(C[C@H]2CCCO2)[C@H]1c1cccc(Oc2ccccc2)c1)c1ccco1. The predicted octanol–water partition coefficient (Wildman–Crippen LogP) is 4.83. The number of ketones is 1. The minimum atomic E-state index is -0.793. The number of para-hydroxylation sites is 1. The molecular formula is C26H23NO6. The van der Waals surface area contributed by atoms with Crippen molar-refractivity contribution in [1.29, 1.82) is 0 Å². The average molecular weight is 445 g/mol. The standard InChI is InChI=1S/C26H23NO6/c28-24(21-12-6-14-32-21)22-23(27(26(30)25(22)29)16-20-11-5-13-31-20)17-7-4-10-19(15-17)33-18-8-2-1-3-9-18/h1-4,6-10,12,14-15,20,23,29H,5,11,13,16H2/t20-,23+/m1/s1. The van der Waals surface area contributed by atoms with Gasteiger partial charge in [0.25, 0.3) is 5.91 Å². The lowest BCUT2D eigenvalue weighted by Crippen LogP contribution is -2.37. The summed E-state index contributed by atoms with van der Waals surface area (Å²) in [5.41, 5.74) is 0.638. The summed E-state index contributed by atoms with van der Waals surface area (Å²) in [4.78, 5) is 27.8. The van der Waals surface area contributed by atoms with E-state index in [0.717, 1.165) is 12.8 Å². The van der Waals surface area contributed by atoms with Crippen molar-refractivity contribution in [1.82, 2.24) is 4.90 Å². The van der Waals surface area contributed by atoms with Crippen LogP contribution in [0.15, 0.2) is 88.7 Å². The zero-order valence-electron chi connectivity index (χ0n) is 17.8. The van der Waals surface area contributed by atoms with E-state index in [9.17, 15) is 14.7 Å². The van der Waals surface area contributed by atoms with E-state index in [-0.39, 0.29) is 24.0 Å². The molecule has 0 aliphatic carbocycles. The summed E-state index contributed by atoms with van der Waals surface area (Å²) in [5, 5.41) is 10.8. The summed E-state index contributed by atoms with van der Waals surface area (Å²) in [6.45, 7) is 0.904. The third-order valence-corrected chi connectivity index (χ3v) is 5.87. The second kappa shape index (κ2) is 8.96. The molecule has 0 unspecified atom stereocenters. The van der Waals surface area contributed by atoms with Gasteiger partial charge in [0.1, 0.15) is 11.5 Å². The maximum absolute atomic E-state index is 13.3. The lowest BCUT2D eigenvalue weighted by atomic mass is 9.94. The van der Waals surface area contributed by atoms with Crippen molar-refractivity contribution >= 4 is 11.7 Å². The summed E-state index contributed by atoms with van der Waals surface area (Å²) in [7, 11) is 0. The molecule has 1 fully saturated rings. The maximum atomic E-state index is 13.3. The van der Waals surface area contributed by atoms with Gasteiger partial charge in [-0.3, -0.25) is 9.59 Å². The number of aliphatic hydroxyl groups excluding tert-OH is 1. The first-order valence-electron chi connectivity index (χ1n) is 10.9. The smallest absolute Gasteiger partial charge is 0.290 e. The Morgan fingerprint density at radius 3 is 2.61 bits per heavy atom. The number of ether oxygens (including phenoxy) is 2. The number of benzene rings is 2. The summed E-state index contributed by atoms with van der Waals surface area (Å²) in [6.07, 6.45) is 2.96. The molecule has 3 heterocycles. The van der Waals surface area contributed by atoms with Gasteiger partial charge in [0, 0.05) is 13.2 Å². The number of carbonyl (C=O) groups is 2. The van der Waals surface area contributed by atoms with Gasteiger partial charge in [-0.05, 0) is 54.8 Å². The van der Waals surface area contributed by atoms with Gasteiger partial charge in [-0.2, -0.15) is 0 Å². The molecule has 0 spiro atoms. The number of amides is 1. The van der Waals surface area contributed by atoms with Crippen LogP contribution in [0, 0.1) is 0 Å². The highest BCUT2D eigenvalue weighted by Gasteiger charge is 2.45. The third kappa shape index (κ3) is 4.15. The molecule has 7 heteroatoms. The Balaban J connectivity index is 1.53. The second-order valence-electron chi connectivity index (χ2n) is 8.05. The van der Waals surface area contributed by atoms with E-state index < -0.39 is 23.5 Å². The molecule has 0 radical (unpaired) electrons. The molecule has 2 aromatic carbocycles. The zero-order chi connectivity index (χ0) is 22.8. The highest BCUT2D eigenvalue weighted by atomic mass is 16.5. The first-order valence-corrected chi connectivity index (χ1v) is 10.9. The first-order chi connectivity index (χ1) is 16.1. The van der Waals surface area contributed by atoms with Crippen molar-refractivity contribution in [2.75, 3.05) is 13.2 Å². The molecule has 0 bridgehead atoms. The van der Waals surface area contributed by atoms with Crippen molar-refractivity contribution in [2.45, 2.75) is 25.0 Å². The Bertz CT molecular complexity index is 1180. The number of rotatable bonds is 7. The van der Waals surface area contributed by atoms with Crippen LogP contribution in [0.5, 0.6) is 11.5 Å². The monoisotopic (exact) mass is 445 g/mol. The Morgan fingerprint density at radius 2 is 1.88 bits per heavy atom. The normalized spacial score (nSPS) is 20.5. The van der Waals surface area contributed by atoms with Gasteiger partial charge >= 0.3 is 0 Å². The van der Waals surface area contributed by atoms with E-state index in [1.807, 2.05) is 36.4 Å². The fourth-order valence-electron chi connectivity index (χ4n) is 4.34. The molecule has 33 heavy (non-hydrogen) atoms. The Hall–Kier alpha value is -3.84. The van der Waals surface area contributed by atoms with E-state index in [0.29, 0.717) is 23.7 Å². The summed E-state index contributed by atoms with van der Waals surface area (Å²) >= 11 is 0. The number of hydrogen-bond donors (Lipinski definition) is 1. The lowest BCUT2D eigenvalue weighted by molar-refractivity contribution is -0.131. The van der Waals surface area contributed by atoms with E-state index in [1.54, 1.807) is 24.3 Å². The average Bonchev–Trinajstić information content (AvgIpc) is 3.59. The minimum absolute atomic E-state index is 0.00944. The second-order valence-corrected chi connectivity index (χ2v) is 8.05. The molecule has 5 rings (SSSR count). The minimum Gasteiger partial charge on any atom is -0.503 e. The van der Waals surface area contributed by atoms with E-state index >= 15 is 0 Å². The van der Waals surface area contributed by atoms with Gasteiger partial charge in [-0.25, -0.2) is 0 Å². The first kappa shape index (κ1) is 21.0. The van der Waals surface area contributed by atoms with Crippen molar-refractivity contribution in [3.8, 4) is 11.5 Å². The van der Waals surface area contributed by atoms with E-state index in [2.05, 4.69) is 0 Å². The van der Waals surface area contributed by atoms with Crippen LogP contribution in [0.25, 0.3) is 0 Å². The Labute approximate surface area is 190 Å². The molecule has 2 aliphatic heterocycles. The summed E-state index contributed by atoms with van der Waals surface area (Å²) in [6, 6.07) is 18.8. The molecule has 168 valence electrons. The van der Waals surface area contributed by atoms with Gasteiger partial charge in [-0.1, -0.05) is 30.3 Å². The fourth-order valence-corrected chi connectivity index (χ4v) is 4.34. The molecule has 2 aliphatic rings. The van der Waals surface area contributed by atoms with Crippen LogP contribution in [0.4, 0.5) is 0 Å². The zero-order valence-corrected chi connectivity index (χ0v) is 17.8. The van der Waals surface area contributed by atoms with Gasteiger partial charge in [0.15, 0.2) is 11.5 Å². The molecule has 1 amide bonds. The third-order valence-electron chi connectivity index (χ3n) is 5.87. The highest BCUT2D eigenvalue weighted by molar-refractivity contribution is 6.15. The van der Waals surface area contributed by atoms with Crippen molar-refractivity contribution < 1.29 is 28.6 Å². The molecule has 1 aromatic heterocycles. The Morgan fingerprint density at radius 1 is 1.06 bits per heavy atom. The van der Waals surface area contributed by atoms with Gasteiger partial charge in [0.2, 0.25) is 5.78 Å². The molecule has 2 atom stereocenters. The molecule has 1 N–H and O–H groups in total. The highest BCUT2D eigenvalue weighted by Crippen LogP contribution is 2.41. The predicted molar refractivity (Wildman–Crippen MR) is 119 cm³/mol. The van der Waals surface area contributed by atoms with Crippen molar-refractivity contribution in [2.24, 2.45) is 0 Å². The van der Waals surface area contributed by atoms with Crippen LogP contribution in [0.3, 0.4) is 0 Å². The quantitative estimate of drug-likeness (QED) is 0.524. The number of furan rings is 1. The number of aliphatic hydroxyl groups is 1.